The first-order valence-corrected chi connectivity index (χ1v) is 18.1. The van der Waals surface area contributed by atoms with E-state index in [9.17, 15) is 10.2 Å². The highest BCUT2D eigenvalue weighted by molar-refractivity contribution is 9.10. The van der Waals surface area contributed by atoms with Gasteiger partial charge in [-0.3, -0.25) is 0 Å². The summed E-state index contributed by atoms with van der Waals surface area (Å²) in [7, 11) is 0. The Bertz CT molecular complexity index is 1130. The molecule has 2 N–H and O–H groups in total. The second-order valence-electron chi connectivity index (χ2n) is 7.95. The van der Waals surface area contributed by atoms with Crippen LogP contribution in [0.15, 0.2) is 138 Å². The molecular weight excluding hydrogens is 760 g/mol. The quantitative estimate of drug-likeness (QED) is 0.0848. The molecule has 4 rings (SSSR count). The number of aliphatic hydroxyl groups is 2. The van der Waals surface area contributed by atoms with E-state index in [2.05, 4.69) is 84.7 Å². The standard InChI is InChI=1S/C15H15BrOS2.C9H11BrOS.C6H5BrS/c16-12-6-8-15(9-7-12)19-11-13(17)10-18-14-4-2-1-3-5-14;10-6-8(11)7-12-9-4-2-1-3-5-9;7-5-1-3-6(8)4-2-5/h1-9,13,17H,10-11H2;1-5,8,11H,6-7H2;1-4,8H. The third-order valence-electron chi connectivity index (χ3n) is 4.63. The first kappa shape index (κ1) is 34.8. The molecule has 0 amide bonds. The van der Waals surface area contributed by atoms with Crippen molar-refractivity contribution in [2.75, 3.05) is 22.6 Å². The smallest absolute Gasteiger partial charge is 0.0730 e. The molecule has 0 saturated heterocycles. The van der Waals surface area contributed by atoms with Crippen molar-refractivity contribution in [2.24, 2.45) is 0 Å². The van der Waals surface area contributed by atoms with Crippen molar-refractivity contribution in [3.8, 4) is 0 Å². The van der Waals surface area contributed by atoms with Gasteiger partial charge in [-0.1, -0.05) is 84.2 Å². The number of aliphatic hydroxyl groups excluding tert-OH is 2. The van der Waals surface area contributed by atoms with Crippen LogP contribution in [-0.2, 0) is 0 Å². The molecule has 0 aliphatic carbocycles. The SMILES string of the molecule is OC(CBr)CSc1ccccc1.OC(CSc1ccccc1)CSc1ccc(Br)cc1.Sc1ccc(Br)cc1. The van der Waals surface area contributed by atoms with Crippen LogP contribution in [0.4, 0.5) is 0 Å². The number of hydrogen-bond donors (Lipinski definition) is 3. The third kappa shape index (κ3) is 17.3. The summed E-state index contributed by atoms with van der Waals surface area (Å²) in [6.45, 7) is 0. The molecule has 4 aromatic carbocycles. The Morgan fingerprint density at radius 3 is 1.28 bits per heavy atom. The van der Waals surface area contributed by atoms with Gasteiger partial charge >= 0.3 is 0 Å². The number of halogens is 3. The van der Waals surface area contributed by atoms with E-state index in [1.807, 2.05) is 84.9 Å². The minimum atomic E-state index is -0.293. The average Bonchev–Trinajstić information content (AvgIpc) is 2.98. The van der Waals surface area contributed by atoms with Gasteiger partial charge in [-0.2, -0.15) is 0 Å². The van der Waals surface area contributed by atoms with Gasteiger partial charge in [0.25, 0.3) is 0 Å². The summed E-state index contributed by atoms with van der Waals surface area (Å²) >= 11 is 19.1. The predicted octanol–water partition coefficient (Wildman–Crippen LogP) is 9.97. The molecule has 2 atom stereocenters. The summed E-state index contributed by atoms with van der Waals surface area (Å²) in [4.78, 5) is 4.59. The fourth-order valence-corrected chi connectivity index (χ4v) is 6.57. The lowest BCUT2D eigenvalue weighted by atomic mass is 10.4. The first-order valence-electron chi connectivity index (χ1n) is 12.0. The van der Waals surface area contributed by atoms with E-state index in [0.717, 1.165) is 31.1 Å². The molecule has 9 heteroatoms. The molecule has 0 aliphatic heterocycles. The van der Waals surface area contributed by atoms with Crippen LogP contribution < -0.4 is 0 Å². The number of thioether (sulfide) groups is 3. The van der Waals surface area contributed by atoms with E-state index < -0.39 is 0 Å². The monoisotopic (exact) mass is 788 g/mol. The van der Waals surface area contributed by atoms with Crippen LogP contribution in [0.2, 0.25) is 0 Å². The third-order valence-corrected chi connectivity index (χ3v) is 10.2. The van der Waals surface area contributed by atoms with Gasteiger partial charge in [-0.25, -0.2) is 0 Å². The van der Waals surface area contributed by atoms with Crippen LogP contribution in [0.1, 0.15) is 0 Å². The molecule has 0 radical (unpaired) electrons. The number of hydrogen-bond acceptors (Lipinski definition) is 6. The highest BCUT2D eigenvalue weighted by atomic mass is 79.9. The minimum Gasteiger partial charge on any atom is -0.391 e. The van der Waals surface area contributed by atoms with Gasteiger partial charge < -0.3 is 10.2 Å². The van der Waals surface area contributed by atoms with Crippen LogP contribution >= 0.6 is 95.7 Å². The van der Waals surface area contributed by atoms with Gasteiger partial charge in [0, 0.05) is 51.1 Å². The van der Waals surface area contributed by atoms with Crippen molar-refractivity contribution < 1.29 is 10.2 Å². The Hall–Kier alpha value is -0.360. The Labute approximate surface area is 276 Å². The average molecular weight is 792 g/mol. The van der Waals surface area contributed by atoms with Crippen molar-refractivity contribution in [3.05, 3.63) is 118 Å². The molecule has 2 nitrogen and oxygen atoms in total. The Kier molecular flexibility index (Phi) is 19.1. The van der Waals surface area contributed by atoms with E-state index in [4.69, 9.17) is 0 Å². The largest absolute Gasteiger partial charge is 0.391 e. The van der Waals surface area contributed by atoms with Crippen molar-refractivity contribution in [1.29, 1.82) is 0 Å². The van der Waals surface area contributed by atoms with Gasteiger partial charge in [0.15, 0.2) is 0 Å². The number of benzene rings is 4. The van der Waals surface area contributed by atoms with E-state index in [1.165, 1.54) is 14.7 Å². The molecule has 208 valence electrons. The van der Waals surface area contributed by atoms with Crippen LogP contribution in [0.25, 0.3) is 0 Å². The fourth-order valence-electron chi connectivity index (χ4n) is 2.68. The predicted molar refractivity (Wildman–Crippen MR) is 186 cm³/mol. The molecule has 4 aromatic rings. The first-order chi connectivity index (χ1) is 18.9. The van der Waals surface area contributed by atoms with Crippen molar-refractivity contribution in [3.63, 3.8) is 0 Å². The molecule has 0 bridgehead atoms. The molecule has 0 aliphatic rings. The molecule has 0 spiro atoms. The van der Waals surface area contributed by atoms with Crippen molar-refractivity contribution in [2.45, 2.75) is 31.8 Å². The molecule has 0 saturated carbocycles. The molecule has 0 fully saturated rings. The maximum absolute atomic E-state index is 9.98. The van der Waals surface area contributed by atoms with Crippen LogP contribution in [0, 0.1) is 0 Å². The van der Waals surface area contributed by atoms with E-state index in [-0.39, 0.29) is 12.2 Å². The second-order valence-corrected chi connectivity index (χ2v) is 14.2. The van der Waals surface area contributed by atoms with Crippen LogP contribution in [0.5, 0.6) is 0 Å². The highest BCUT2D eigenvalue weighted by Crippen LogP contribution is 2.24. The van der Waals surface area contributed by atoms with Gasteiger partial charge in [0.05, 0.1) is 12.2 Å². The lowest BCUT2D eigenvalue weighted by Crippen LogP contribution is -2.12. The summed E-state index contributed by atoms with van der Waals surface area (Å²) in [5.41, 5.74) is 0. The topological polar surface area (TPSA) is 40.5 Å². The normalized spacial score (nSPS) is 11.8. The van der Waals surface area contributed by atoms with Gasteiger partial charge in [0.2, 0.25) is 0 Å². The lowest BCUT2D eigenvalue weighted by Gasteiger charge is -2.10. The summed E-state index contributed by atoms with van der Waals surface area (Å²) in [6.07, 6.45) is -0.547. The van der Waals surface area contributed by atoms with Gasteiger partial charge in [-0.15, -0.1) is 47.9 Å². The number of thiol groups is 1. The Morgan fingerprint density at radius 2 is 0.897 bits per heavy atom. The zero-order valence-electron chi connectivity index (χ0n) is 21.1. The Morgan fingerprint density at radius 1 is 0.538 bits per heavy atom. The van der Waals surface area contributed by atoms with E-state index in [1.54, 1.807) is 35.3 Å². The summed E-state index contributed by atoms with van der Waals surface area (Å²) in [5, 5.41) is 19.9. The fraction of sp³-hybridized carbons (Fsp3) is 0.200. The number of rotatable bonds is 10. The molecule has 0 heterocycles. The minimum absolute atomic E-state index is 0.254. The zero-order chi connectivity index (χ0) is 28.3. The molecule has 2 unspecified atom stereocenters. The van der Waals surface area contributed by atoms with Crippen LogP contribution in [-0.4, -0.2) is 45.0 Å². The van der Waals surface area contributed by atoms with Gasteiger partial charge in [0.1, 0.15) is 0 Å². The molecule has 39 heavy (non-hydrogen) atoms. The van der Waals surface area contributed by atoms with E-state index in [0.29, 0.717) is 5.33 Å². The highest BCUT2D eigenvalue weighted by Gasteiger charge is 2.06. The summed E-state index contributed by atoms with van der Waals surface area (Å²) in [5.74, 6) is 2.20. The van der Waals surface area contributed by atoms with Crippen molar-refractivity contribution in [1.82, 2.24) is 0 Å². The summed E-state index contributed by atoms with van der Waals surface area (Å²) < 4.78 is 2.17. The maximum Gasteiger partial charge on any atom is 0.0730 e. The Balaban J connectivity index is 0.000000227. The molecule has 0 aromatic heterocycles. The maximum atomic E-state index is 9.98. The summed E-state index contributed by atoms with van der Waals surface area (Å²) in [6, 6.07) is 36.2. The van der Waals surface area contributed by atoms with Crippen LogP contribution in [0.3, 0.4) is 0 Å². The van der Waals surface area contributed by atoms with Crippen molar-refractivity contribution >= 4 is 95.7 Å². The van der Waals surface area contributed by atoms with E-state index >= 15 is 0 Å². The second kappa shape index (κ2) is 21.4. The van der Waals surface area contributed by atoms with Gasteiger partial charge in [-0.05, 0) is 72.8 Å². The molecular formula is C30H31Br3O2S4. The number of alkyl halides is 1. The zero-order valence-corrected chi connectivity index (χ0v) is 29.2. The lowest BCUT2D eigenvalue weighted by molar-refractivity contribution is 0.225.